The normalized spacial score (nSPS) is 20.3. The Morgan fingerprint density at radius 2 is 2.00 bits per heavy atom. The van der Waals surface area contributed by atoms with E-state index >= 15 is 0 Å². The highest BCUT2D eigenvalue weighted by Crippen LogP contribution is 2.30. The van der Waals surface area contributed by atoms with Crippen molar-refractivity contribution >= 4 is 5.78 Å². The van der Waals surface area contributed by atoms with Gasteiger partial charge in [-0.15, -0.1) is 0 Å². The molecule has 4 heteroatoms. The Bertz CT molecular complexity index is 411. The molecule has 0 saturated carbocycles. The quantitative estimate of drug-likeness (QED) is 0.785. The molecule has 1 aliphatic heterocycles. The summed E-state index contributed by atoms with van der Waals surface area (Å²) in [6.07, 6.45) is -0.666. The maximum absolute atomic E-state index is 11.8. The molecule has 1 aromatic rings. The highest BCUT2D eigenvalue weighted by Gasteiger charge is 2.36. The molecule has 15 heavy (non-hydrogen) atoms. The minimum atomic E-state index is -0.666. The first-order valence-corrected chi connectivity index (χ1v) is 4.53. The summed E-state index contributed by atoms with van der Waals surface area (Å²) in [5.41, 5.74) is 6.29. The van der Waals surface area contributed by atoms with Gasteiger partial charge in [-0.05, 0) is 0 Å². The summed E-state index contributed by atoms with van der Waals surface area (Å²) in [6, 6.07) is 9.18. The molecule has 2 rings (SSSR count). The minimum Gasteiger partial charge on any atom is -0.489 e. The van der Waals surface area contributed by atoms with Crippen molar-refractivity contribution in [3.8, 4) is 0 Å². The van der Waals surface area contributed by atoms with Gasteiger partial charge in [0.15, 0.2) is 6.10 Å². The largest absolute Gasteiger partial charge is 0.489 e. The lowest BCUT2D eigenvalue weighted by Crippen LogP contribution is -2.10. The number of hydrogen-bond donors (Lipinski definition) is 1. The van der Waals surface area contributed by atoms with Crippen molar-refractivity contribution < 1.29 is 14.3 Å². The number of Topliss-reactive ketones (excluding diaryl/α,β-unsaturated/α-hetero) is 1. The van der Waals surface area contributed by atoms with Crippen LogP contribution in [0.5, 0.6) is 0 Å². The summed E-state index contributed by atoms with van der Waals surface area (Å²) < 4.78 is 10.1. The predicted octanol–water partition coefficient (Wildman–Crippen LogP) is 1.10. The van der Waals surface area contributed by atoms with E-state index in [1.165, 1.54) is 7.11 Å². The second-order valence-corrected chi connectivity index (χ2v) is 3.17. The van der Waals surface area contributed by atoms with Crippen LogP contribution in [0.4, 0.5) is 0 Å². The predicted molar refractivity (Wildman–Crippen MR) is 53.5 cm³/mol. The van der Waals surface area contributed by atoms with Gasteiger partial charge in [0.1, 0.15) is 0 Å². The van der Waals surface area contributed by atoms with Crippen LogP contribution in [0, 0.1) is 0 Å². The van der Waals surface area contributed by atoms with E-state index in [4.69, 9.17) is 15.2 Å². The third-order valence-corrected chi connectivity index (χ3v) is 2.24. The molecule has 1 atom stereocenters. The molecule has 0 spiro atoms. The van der Waals surface area contributed by atoms with E-state index in [-0.39, 0.29) is 17.4 Å². The van der Waals surface area contributed by atoms with Gasteiger partial charge in [0.2, 0.25) is 17.4 Å². The van der Waals surface area contributed by atoms with Crippen molar-refractivity contribution in [2.45, 2.75) is 6.10 Å². The van der Waals surface area contributed by atoms with E-state index in [9.17, 15) is 4.79 Å². The van der Waals surface area contributed by atoms with Gasteiger partial charge < -0.3 is 15.2 Å². The zero-order valence-corrected chi connectivity index (χ0v) is 8.27. The lowest BCUT2D eigenvalue weighted by molar-refractivity contribution is -0.123. The number of nitrogens with two attached hydrogens (primary N) is 1. The van der Waals surface area contributed by atoms with Gasteiger partial charge in [0.25, 0.3) is 0 Å². The summed E-state index contributed by atoms with van der Waals surface area (Å²) in [7, 11) is 1.40. The van der Waals surface area contributed by atoms with E-state index in [1.807, 2.05) is 30.3 Å². The molecule has 0 bridgehead atoms. The smallest absolute Gasteiger partial charge is 0.248 e. The van der Waals surface area contributed by atoms with Crippen LogP contribution in [0.15, 0.2) is 42.0 Å². The third kappa shape index (κ3) is 1.54. The van der Waals surface area contributed by atoms with Crippen LogP contribution < -0.4 is 5.73 Å². The molecule has 2 N–H and O–H groups in total. The second-order valence-electron chi connectivity index (χ2n) is 3.17. The number of methoxy groups -OCH3 is 1. The van der Waals surface area contributed by atoms with Gasteiger partial charge in [-0.2, -0.15) is 0 Å². The van der Waals surface area contributed by atoms with Crippen LogP contribution in [-0.4, -0.2) is 12.9 Å². The fourth-order valence-corrected chi connectivity index (χ4v) is 1.52. The first-order chi connectivity index (χ1) is 7.24. The molecular formula is C11H11NO3. The van der Waals surface area contributed by atoms with E-state index < -0.39 is 6.10 Å². The number of ketones is 1. The number of hydrogen-bond acceptors (Lipinski definition) is 4. The topological polar surface area (TPSA) is 61.6 Å². The van der Waals surface area contributed by atoms with E-state index in [2.05, 4.69) is 0 Å². The molecule has 1 heterocycles. The molecule has 0 radical (unpaired) electrons. The van der Waals surface area contributed by atoms with Crippen molar-refractivity contribution in [2.24, 2.45) is 5.73 Å². The summed E-state index contributed by atoms with van der Waals surface area (Å²) in [5, 5.41) is 0. The Hall–Kier alpha value is -1.97. The van der Waals surface area contributed by atoms with Gasteiger partial charge >= 0.3 is 0 Å². The Morgan fingerprint density at radius 3 is 2.53 bits per heavy atom. The van der Waals surface area contributed by atoms with E-state index in [0.717, 1.165) is 5.56 Å². The summed E-state index contributed by atoms with van der Waals surface area (Å²) >= 11 is 0. The van der Waals surface area contributed by atoms with Crippen molar-refractivity contribution in [2.75, 3.05) is 7.11 Å². The monoisotopic (exact) mass is 205 g/mol. The summed E-state index contributed by atoms with van der Waals surface area (Å²) in [4.78, 5) is 11.8. The van der Waals surface area contributed by atoms with Crippen LogP contribution >= 0.6 is 0 Å². The van der Waals surface area contributed by atoms with Crippen molar-refractivity contribution in [1.82, 2.24) is 0 Å². The summed E-state index contributed by atoms with van der Waals surface area (Å²) in [6.45, 7) is 0. The molecule has 78 valence electrons. The van der Waals surface area contributed by atoms with Crippen LogP contribution in [0.25, 0.3) is 0 Å². The number of benzene rings is 1. The summed E-state index contributed by atoms with van der Waals surface area (Å²) in [5.74, 6) is -0.0820. The minimum absolute atomic E-state index is 0.0522. The van der Waals surface area contributed by atoms with Crippen molar-refractivity contribution in [3.63, 3.8) is 0 Å². The molecule has 0 fully saturated rings. The van der Waals surface area contributed by atoms with E-state index in [1.54, 1.807) is 0 Å². The van der Waals surface area contributed by atoms with E-state index in [0.29, 0.717) is 0 Å². The van der Waals surface area contributed by atoms with Crippen LogP contribution in [0.1, 0.15) is 11.7 Å². The molecule has 4 nitrogen and oxygen atoms in total. The Labute approximate surface area is 87.3 Å². The number of carbonyl (C=O) groups excluding carboxylic acids is 1. The fraction of sp³-hybridized carbons (Fsp3) is 0.182. The van der Waals surface area contributed by atoms with Crippen molar-refractivity contribution in [1.29, 1.82) is 0 Å². The number of rotatable bonds is 2. The zero-order valence-electron chi connectivity index (χ0n) is 8.27. The molecular weight excluding hydrogens is 194 g/mol. The third-order valence-electron chi connectivity index (χ3n) is 2.24. The highest BCUT2D eigenvalue weighted by atomic mass is 16.5. The fourth-order valence-electron chi connectivity index (χ4n) is 1.52. The van der Waals surface area contributed by atoms with Crippen LogP contribution in [0.3, 0.4) is 0 Å². The maximum Gasteiger partial charge on any atom is 0.248 e. The zero-order chi connectivity index (χ0) is 10.8. The Morgan fingerprint density at radius 1 is 1.33 bits per heavy atom. The first-order valence-electron chi connectivity index (χ1n) is 4.53. The molecule has 0 amide bonds. The van der Waals surface area contributed by atoms with Crippen molar-refractivity contribution in [3.05, 3.63) is 47.5 Å². The molecule has 0 aliphatic carbocycles. The number of ether oxygens (including phenoxy) is 2. The molecule has 1 aromatic carbocycles. The average Bonchev–Trinajstić information content (AvgIpc) is 2.55. The molecule has 1 unspecified atom stereocenters. The SMILES string of the molecule is COC1=C(N)OC(c2ccccc2)C1=O. The molecule has 1 aliphatic rings. The standard InChI is InChI=1S/C11H11NO3/c1-14-10-8(13)9(15-11(10)12)7-5-3-2-4-6-7/h2-6,9H,12H2,1H3. The lowest BCUT2D eigenvalue weighted by atomic mass is 10.1. The lowest BCUT2D eigenvalue weighted by Gasteiger charge is -2.08. The van der Waals surface area contributed by atoms with Gasteiger partial charge in [-0.25, -0.2) is 0 Å². The average molecular weight is 205 g/mol. The molecule has 0 aromatic heterocycles. The van der Waals surface area contributed by atoms with Gasteiger partial charge in [-0.1, -0.05) is 30.3 Å². The van der Waals surface area contributed by atoms with Gasteiger partial charge in [-0.3, -0.25) is 4.79 Å². The second kappa shape index (κ2) is 3.65. The van der Waals surface area contributed by atoms with Crippen LogP contribution in [-0.2, 0) is 14.3 Å². The Balaban J connectivity index is 2.28. The first kappa shape index (κ1) is 9.58. The highest BCUT2D eigenvalue weighted by molar-refractivity contribution is 5.99. The van der Waals surface area contributed by atoms with Gasteiger partial charge in [0.05, 0.1) is 7.11 Å². The Kier molecular flexibility index (Phi) is 2.33. The molecule has 0 saturated heterocycles. The van der Waals surface area contributed by atoms with Gasteiger partial charge in [0, 0.05) is 5.56 Å². The van der Waals surface area contributed by atoms with Crippen LogP contribution in [0.2, 0.25) is 0 Å². The maximum atomic E-state index is 11.8. The number of carbonyl (C=O) groups is 1.